The van der Waals surface area contributed by atoms with Crippen molar-refractivity contribution in [2.24, 2.45) is 0 Å². The number of aryl methyl sites for hydroxylation is 1. The topological polar surface area (TPSA) is 71.5 Å². The number of nitriles is 1. The van der Waals surface area contributed by atoms with Crippen molar-refractivity contribution in [3.8, 4) is 17.3 Å². The van der Waals surface area contributed by atoms with E-state index in [0.29, 0.717) is 13.0 Å². The summed E-state index contributed by atoms with van der Waals surface area (Å²) in [6.07, 6.45) is 8.05. The molecule has 0 unspecified atom stereocenters. The number of nitrogens with zero attached hydrogens (tertiary/aromatic N) is 5. The maximum atomic E-state index is 8.77. The maximum absolute atomic E-state index is 8.77. The molecule has 3 rings (SSSR count). The molecule has 0 saturated carbocycles. The largest absolute Gasteiger partial charge is 0.336 e. The van der Waals surface area contributed by atoms with E-state index in [0.717, 1.165) is 36.5 Å². The van der Waals surface area contributed by atoms with Crippen LogP contribution < -0.4 is 5.32 Å². The predicted octanol–water partition coefficient (Wildman–Crippen LogP) is 2.45. The minimum atomic E-state index is 0.462. The van der Waals surface area contributed by atoms with Crippen LogP contribution in [0.5, 0.6) is 0 Å². The van der Waals surface area contributed by atoms with Crippen LogP contribution in [-0.2, 0) is 19.6 Å². The summed E-state index contributed by atoms with van der Waals surface area (Å²) in [5.74, 6) is 0. The number of hydrogen-bond donors (Lipinski definition) is 1. The summed E-state index contributed by atoms with van der Waals surface area (Å²) >= 11 is 0. The molecule has 0 aliphatic rings. The molecule has 0 bridgehead atoms. The quantitative estimate of drug-likeness (QED) is 0.647. The number of hydrogen-bond acceptors (Lipinski definition) is 4. The van der Waals surface area contributed by atoms with Crippen molar-refractivity contribution < 1.29 is 0 Å². The monoisotopic (exact) mass is 320 g/mol. The third kappa shape index (κ3) is 4.09. The number of nitrogens with one attached hydrogen (secondary N) is 1. The molecule has 3 aromatic rings. The average Bonchev–Trinajstić information content (AvgIpc) is 3.27. The lowest BCUT2D eigenvalue weighted by Crippen LogP contribution is -2.19. The standard InChI is InChI=1S/C18H20N6/c19-7-4-10-24-14-17(13-20-8-11-23-12-9-21-15-23)18(22-24)16-5-2-1-3-6-16/h1-3,5-6,9,12,14-15,20H,4,8,10-11,13H2. The summed E-state index contributed by atoms with van der Waals surface area (Å²) < 4.78 is 3.90. The summed E-state index contributed by atoms with van der Waals surface area (Å²) in [7, 11) is 0. The fraction of sp³-hybridized carbons (Fsp3) is 0.278. The van der Waals surface area contributed by atoms with Gasteiger partial charge in [-0.05, 0) is 0 Å². The van der Waals surface area contributed by atoms with Crippen molar-refractivity contribution in [2.45, 2.75) is 26.1 Å². The first-order valence-electron chi connectivity index (χ1n) is 8.02. The van der Waals surface area contributed by atoms with Crippen molar-refractivity contribution in [3.05, 3.63) is 60.8 Å². The van der Waals surface area contributed by atoms with Gasteiger partial charge in [-0.25, -0.2) is 4.98 Å². The Hall–Kier alpha value is -2.91. The zero-order chi connectivity index (χ0) is 16.6. The number of aromatic nitrogens is 4. The highest BCUT2D eigenvalue weighted by atomic mass is 15.3. The first kappa shape index (κ1) is 16.0. The van der Waals surface area contributed by atoms with Gasteiger partial charge in [0.05, 0.1) is 31.1 Å². The van der Waals surface area contributed by atoms with Gasteiger partial charge < -0.3 is 9.88 Å². The lowest BCUT2D eigenvalue weighted by molar-refractivity contribution is 0.595. The van der Waals surface area contributed by atoms with Gasteiger partial charge >= 0.3 is 0 Å². The molecule has 2 heterocycles. The minimum absolute atomic E-state index is 0.462. The van der Waals surface area contributed by atoms with E-state index < -0.39 is 0 Å². The lowest BCUT2D eigenvalue weighted by atomic mass is 10.1. The SMILES string of the molecule is N#CCCn1cc(CNCCn2ccnc2)c(-c2ccccc2)n1. The van der Waals surface area contributed by atoms with E-state index in [2.05, 4.69) is 33.6 Å². The fourth-order valence-electron chi connectivity index (χ4n) is 2.56. The van der Waals surface area contributed by atoms with Crippen LogP contribution in [0.2, 0.25) is 0 Å². The normalized spacial score (nSPS) is 10.6. The Morgan fingerprint density at radius 2 is 2.04 bits per heavy atom. The molecule has 0 fully saturated rings. The fourth-order valence-corrected chi connectivity index (χ4v) is 2.56. The van der Waals surface area contributed by atoms with E-state index in [1.54, 1.807) is 6.20 Å². The predicted molar refractivity (Wildman–Crippen MR) is 91.8 cm³/mol. The molecule has 0 aliphatic carbocycles. The smallest absolute Gasteiger partial charge is 0.0968 e. The number of benzene rings is 1. The highest BCUT2D eigenvalue weighted by Gasteiger charge is 2.10. The number of imidazole rings is 1. The van der Waals surface area contributed by atoms with E-state index in [1.807, 2.05) is 46.2 Å². The Labute approximate surface area is 141 Å². The zero-order valence-corrected chi connectivity index (χ0v) is 13.5. The summed E-state index contributed by atoms with van der Waals surface area (Å²) in [6.45, 7) is 3.09. The van der Waals surface area contributed by atoms with Crippen LogP contribution in [0.1, 0.15) is 12.0 Å². The van der Waals surface area contributed by atoms with Crippen molar-refractivity contribution >= 4 is 0 Å². The van der Waals surface area contributed by atoms with Gasteiger partial charge in [-0.2, -0.15) is 10.4 Å². The third-order valence-electron chi connectivity index (χ3n) is 3.76. The molecule has 1 N–H and O–H groups in total. The van der Waals surface area contributed by atoms with Gasteiger partial charge in [0.2, 0.25) is 0 Å². The molecule has 6 nitrogen and oxygen atoms in total. The average molecular weight is 320 g/mol. The van der Waals surface area contributed by atoms with Gasteiger partial charge in [0, 0.05) is 49.4 Å². The van der Waals surface area contributed by atoms with Crippen LogP contribution in [0.25, 0.3) is 11.3 Å². The van der Waals surface area contributed by atoms with Crippen molar-refractivity contribution in [3.63, 3.8) is 0 Å². The summed E-state index contributed by atoms with van der Waals surface area (Å²) in [6, 6.07) is 12.3. The van der Waals surface area contributed by atoms with E-state index in [9.17, 15) is 0 Å². The highest BCUT2D eigenvalue weighted by molar-refractivity contribution is 5.62. The van der Waals surface area contributed by atoms with Crippen molar-refractivity contribution in [2.75, 3.05) is 6.54 Å². The van der Waals surface area contributed by atoms with Crippen molar-refractivity contribution in [1.29, 1.82) is 5.26 Å². The maximum Gasteiger partial charge on any atom is 0.0968 e. The minimum Gasteiger partial charge on any atom is -0.336 e. The van der Waals surface area contributed by atoms with Crippen LogP contribution in [0.3, 0.4) is 0 Å². The second-order valence-electron chi connectivity index (χ2n) is 5.52. The molecule has 2 aromatic heterocycles. The van der Waals surface area contributed by atoms with Crippen LogP contribution in [0.15, 0.2) is 55.2 Å². The molecular formula is C18H20N6. The molecule has 0 saturated heterocycles. The van der Waals surface area contributed by atoms with Crippen molar-refractivity contribution in [1.82, 2.24) is 24.6 Å². The van der Waals surface area contributed by atoms with Gasteiger partial charge in [-0.3, -0.25) is 4.68 Å². The summed E-state index contributed by atoms with van der Waals surface area (Å²) in [5.41, 5.74) is 3.22. The van der Waals surface area contributed by atoms with Gasteiger partial charge in [-0.15, -0.1) is 0 Å². The van der Waals surface area contributed by atoms with Gasteiger partial charge in [0.25, 0.3) is 0 Å². The van der Waals surface area contributed by atoms with Crippen LogP contribution in [-0.4, -0.2) is 25.9 Å². The van der Waals surface area contributed by atoms with Crippen LogP contribution >= 0.6 is 0 Å². The van der Waals surface area contributed by atoms with Crippen LogP contribution in [0.4, 0.5) is 0 Å². The molecule has 122 valence electrons. The summed E-state index contributed by atoms with van der Waals surface area (Å²) in [4.78, 5) is 4.04. The second-order valence-corrected chi connectivity index (χ2v) is 5.52. The Kier molecular flexibility index (Phi) is 5.38. The first-order chi connectivity index (χ1) is 11.9. The molecule has 0 radical (unpaired) electrons. The van der Waals surface area contributed by atoms with E-state index >= 15 is 0 Å². The Balaban J connectivity index is 1.68. The molecular weight excluding hydrogens is 300 g/mol. The Bertz CT molecular complexity index is 783. The van der Waals surface area contributed by atoms with Crippen LogP contribution in [0, 0.1) is 11.3 Å². The van der Waals surface area contributed by atoms with Gasteiger partial charge in [0.1, 0.15) is 0 Å². The third-order valence-corrected chi connectivity index (χ3v) is 3.76. The zero-order valence-electron chi connectivity index (χ0n) is 13.5. The molecule has 0 amide bonds. The molecule has 0 aliphatic heterocycles. The molecule has 1 aromatic carbocycles. The Morgan fingerprint density at radius 1 is 1.17 bits per heavy atom. The molecule has 24 heavy (non-hydrogen) atoms. The Morgan fingerprint density at radius 3 is 2.79 bits per heavy atom. The number of rotatable bonds is 8. The van der Waals surface area contributed by atoms with E-state index in [1.165, 1.54) is 0 Å². The van der Waals surface area contributed by atoms with Gasteiger partial charge in [0.15, 0.2) is 0 Å². The highest BCUT2D eigenvalue weighted by Crippen LogP contribution is 2.21. The lowest BCUT2D eigenvalue weighted by Gasteiger charge is -2.06. The van der Waals surface area contributed by atoms with Gasteiger partial charge in [-0.1, -0.05) is 30.3 Å². The molecule has 6 heteroatoms. The first-order valence-corrected chi connectivity index (χ1v) is 8.02. The molecule has 0 spiro atoms. The molecule has 0 atom stereocenters. The van der Waals surface area contributed by atoms with E-state index in [-0.39, 0.29) is 0 Å². The van der Waals surface area contributed by atoms with E-state index in [4.69, 9.17) is 5.26 Å². The summed E-state index contributed by atoms with van der Waals surface area (Å²) in [5, 5.41) is 16.9. The second kappa shape index (κ2) is 8.09.